The van der Waals surface area contributed by atoms with Gasteiger partial charge in [-0.25, -0.2) is 15.0 Å². The van der Waals surface area contributed by atoms with E-state index >= 15 is 0 Å². The second-order valence-corrected chi connectivity index (χ2v) is 5.25. The van der Waals surface area contributed by atoms with Crippen molar-refractivity contribution in [3.8, 4) is 17.1 Å². The van der Waals surface area contributed by atoms with Crippen LogP contribution in [0.15, 0.2) is 36.7 Å². The fourth-order valence-electron chi connectivity index (χ4n) is 2.17. The molecule has 0 fully saturated rings. The number of hydrogen-bond donors (Lipinski definition) is 2. The Kier molecular flexibility index (Phi) is 4.76. The van der Waals surface area contributed by atoms with Gasteiger partial charge in [-0.15, -0.1) is 0 Å². The molecule has 0 spiro atoms. The Labute approximate surface area is 144 Å². The number of thiocarbonyl (C=S) groups is 1. The first-order valence-corrected chi connectivity index (χ1v) is 7.80. The van der Waals surface area contributed by atoms with Gasteiger partial charge in [-0.2, -0.15) is 0 Å². The molecule has 0 aromatic carbocycles. The Morgan fingerprint density at radius 3 is 2.88 bits per heavy atom. The zero-order chi connectivity index (χ0) is 16.9. The lowest BCUT2D eigenvalue weighted by molar-refractivity contribution is 0.399. The number of nitrogens with one attached hydrogen (secondary N) is 2. The SMILES string of the molecule is CCNC(=S)Nc1ccc2ncc(-c3cccnc3OC)nc2n1. The summed E-state index contributed by atoms with van der Waals surface area (Å²) in [4.78, 5) is 17.6. The molecule has 0 atom stereocenters. The van der Waals surface area contributed by atoms with Crippen molar-refractivity contribution < 1.29 is 4.74 Å². The Balaban J connectivity index is 1.98. The van der Waals surface area contributed by atoms with Gasteiger partial charge >= 0.3 is 0 Å². The van der Waals surface area contributed by atoms with Gasteiger partial charge in [0.05, 0.1) is 24.6 Å². The molecule has 3 heterocycles. The molecule has 8 heteroatoms. The number of aromatic nitrogens is 4. The van der Waals surface area contributed by atoms with Crippen molar-refractivity contribution in [2.75, 3.05) is 19.0 Å². The van der Waals surface area contributed by atoms with E-state index in [1.165, 1.54) is 0 Å². The lowest BCUT2D eigenvalue weighted by atomic mass is 10.2. The van der Waals surface area contributed by atoms with Crippen molar-refractivity contribution >= 4 is 34.3 Å². The van der Waals surface area contributed by atoms with E-state index in [0.29, 0.717) is 33.7 Å². The molecule has 0 amide bonds. The summed E-state index contributed by atoms with van der Waals surface area (Å²) >= 11 is 5.17. The highest BCUT2D eigenvalue weighted by Crippen LogP contribution is 2.26. The standard InChI is InChI=1S/C16H16N6OS/c1-3-17-16(24)22-13-7-6-11-14(21-13)20-12(9-19-11)10-5-4-8-18-15(10)23-2/h4-9H,3H2,1-2H3,(H2,17,20,21,22,24). The van der Waals surface area contributed by atoms with Gasteiger partial charge in [-0.3, -0.25) is 4.98 Å². The summed E-state index contributed by atoms with van der Waals surface area (Å²) < 4.78 is 5.28. The van der Waals surface area contributed by atoms with Crippen LogP contribution < -0.4 is 15.4 Å². The third-order valence-corrected chi connectivity index (χ3v) is 3.47. The van der Waals surface area contributed by atoms with E-state index in [2.05, 4.69) is 30.6 Å². The molecule has 24 heavy (non-hydrogen) atoms. The number of ether oxygens (including phenoxy) is 1. The number of anilines is 1. The smallest absolute Gasteiger partial charge is 0.222 e. The van der Waals surface area contributed by atoms with Crippen LogP contribution in [0.25, 0.3) is 22.4 Å². The predicted molar refractivity (Wildman–Crippen MR) is 97.0 cm³/mol. The number of fused-ring (bicyclic) bond motifs is 1. The zero-order valence-corrected chi connectivity index (χ0v) is 14.1. The maximum atomic E-state index is 5.28. The van der Waals surface area contributed by atoms with Gasteiger partial charge in [0.1, 0.15) is 11.3 Å². The minimum atomic E-state index is 0.494. The molecular formula is C16H16N6OS. The van der Waals surface area contributed by atoms with Crippen LogP contribution in [0.4, 0.5) is 5.82 Å². The summed E-state index contributed by atoms with van der Waals surface area (Å²) in [5, 5.41) is 6.55. The first kappa shape index (κ1) is 16.0. The van der Waals surface area contributed by atoms with Crippen molar-refractivity contribution in [2.24, 2.45) is 0 Å². The summed E-state index contributed by atoms with van der Waals surface area (Å²) in [6, 6.07) is 7.36. The highest BCUT2D eigenvalue weighted by atomic mass is 32.1. The van der Waals surface area contributed by atoms with Crippen LogP contribution in [-0.2, 0) is 0 Å². The lowest BCUT2D eigenvalue weighted by Crippen LogP contribution is -2.28. The summed E-state index contributed by atoms with van der Waals surface area (Å²) in [6.45, 7) is 2.71. The summed E-state index contributed by atoms with van der Waals surface area (Å²) in [5.74, 6) is 1.10. The van der Waals surface area contributed by atoms with Gasteiger partial charge in [0.15, 0.2) is 10.8 Å². The van der Waals surface area contributed by atoms with Gasteiger partial charge in [0, 0.05) is 12.7 Å². The Bertz CT molecular complexity index is 885. The third kappa shape index (κ3) is 3.38. The maximum absolute atomic E-state index is 5.28. The molecule has 3 aromatic heterocycles. The molecule has 0 aliphatic heterocycles. The van der Waals surface area contributed by atoms with E-state index in [9.17, 15) is 0 Å². The second kappa shape index (κ2) is 7.14. The summed E-state index contributed by atoms with van der Waals surface area (Å²) in [5.41, 5.74) is 2.62. The van der Waals surface area contributed by atoms with E-state index in [4.69, 9.17) is 17.0 Å². The van der Waals surface area contributed by atoms with Crippen molar-refractivity contribution in [3.63, 3.8) is 0 Å². The Morgan fingerprint density at radius 2 is 2.08 bits per heavy atom. The van der Waals surface area contributed by atoms with Crippen LogP contribution >= 0.6 is 12.2 Å². The molecule has 3 rings (SSSR count). The minimum absolute atomic E-state index is 0.494. The molecule has 0 saturated carbocycles. The van der Waals surface area contributed by atoms with Gasteiger partial charge < -0.3 is 15.4 Å². The van der Waals surface area contributed by atoms with E-state index in [0.717, 1.165) is 12.1 Å². The molecule has 0 saturated heterocycles. The molecule has 0 aliphatic rings. The van der Waals surface area contributed by atoms with Crippen LogP contribution in [0, 0.1) is 0 Å². The van der Waals surface area contributed by atoms with Crippen LogP contribution in [0.2, 0.25) is 0 Å². The molecule has 2 N–H and O–H groups in total. The van der Waals surface area contributed by atoms with Gasteiger partial charge in [-0.1, -0.05) is 0 Å². The molecular weight excluding hydrogens is 324 g/mol. The van der Waals surface area contributed by atoms with Gasteiger partial charge in [0.25, 0.3) is 0 Å². The molecule has 3 aromatic rings. The van der Waals surface area contributed by atoms with E-state index in [1.54, 1.807) is 19.5 Å². The monoisotopic (exact) mass is 340 g/mol. The number of hydrogen-bond acceptors (Lipinski definition) is 6. The summed E-state index contributed by atoms with van der Waals surface area (Å²) in [6.07, 6.45) is 3.35. The molecule has 122 valence electrons. The average molecular weight is 340 g/mol. The second-order valence-electron chi connectivity index (χ2n) is 4.84. The quantitative estimate of drug-likeness (QED) is 0.701. The van der Waals surface area contributed by atoms with Crippen LogP contribution in [0.1, 0.15) is 6.92 Å². The van der Waals surface area contributed by atoms with Crippen molar-refractivity contribution in [1.29, 1.82) is 0 Å². The summed E-state index contributed by atoms with van der Waals surface area (Å²) in [7, 11) is 1.57. The number of methoxy groups -OCH3 is 1. The van der Waals surface area contributed by atoms with Gasteiger partial charge in [0.2, 0.25) is 5.88 Å². The first-order chi connectivity index (χ1) is 11.7. The predicted octanol–water partition coefficient (Wildman–Crippen LogP) is 2.40. The zero-order valence-electron chi connectivity index (χ0n) is 13.3. The van der Waals surface area contributed by atoms with Crippen molar-refractivity contribution in [2.45, 2.75) is 6.92 Å². The Hall–Kier alpha value is -2.87. The van der Waals surface area contributed by atoms with Crippen LogP contribution in [-0.4, -0.2) is 38.7 Å². The fraction of sp³-hybridized carbons (Fsp3) is 0.188. The van der Waals surface area contributed by atoms with Gasteiger partial charge in [-0.05, 0) is 43.4 Å². The van der Waals surface area contributed by atoms with Crippen LogP contribution in [0.5, 0.6) is 5.88 Å². The normalized spacial score (nSPS) is 10.4. The molecule has 0 radical (unpaired) electrons. The molecule has 0 aliphatic carbocycles. The third-order valence-electron chi connectivity index (χ3n) is 3.23. The largest absolute Gasteiger partial charge is 0.481 e. The lowest BCUT2D eigenvalue weighted by Gasteiger charge is -2.09. The molecule has 0 bridgehead atoms. The fourth-order valence-corrected chi connectivity index (χ4v) is 2.42. The number of pyridine rings is 2. The highest BCUT2D eigenvalue weighted by Gasteiger charge is 2.10. The maximum Gasteiger partial charge on any atom is 0.222 e. The first-order valence-electron chi connectivity index (χ1n) is 7.39. The van der Waals surface area contributed by atoms with E-state index in [1.807, 2.05) is 31.2 Å². The number of rotatable bonds is 4. The molecule has 7 nitrogen and oxygen atoms in total. The Morgan fingerprint density at radius 1 is 1.21 bits per heavy atom. The topological polar surface area (TPSA) is 84.9 Å². The van der Waals surface area contributed by atoms with E-state index < -0.39 is 0 Å². The molecule has 0 unspecified atom stereocenters. The van der Waals surface area contributed by atoms with Crippen LogP contribution in [0.3, 0.4) is 0 Å². The minimum Gasteiger partial charge on any atom is -0.481 e. The van der Waals surface area contributed by atoms with E-state index in [-0.39, 0.29) is 0 Å². The highest BCUT2D eigenvalue weighted by molar-refractivity contribution is 7.80. The number of nitrogens with zero attached hydrogens (tertiary/aromatic N) is 4. The van der Waals surface area contributed by atoms with Crippen molar-refractivity contribution in [1.82, 2.24) is 25.3 Å². The average Bonchev–Trinajstić information content (AvgIpc) is 2.61. The van der Waals surface area contributed by atoms with Crippen molar-refractivity contribution in [3.05, 3.63) is 36.7 Å².